The van der Waals surface area contributed by atoms with Crippen LogP contribution in [0.5, 0.6) is 0 Å². The highest BCUT2D eigenvalue weighted by molar-refractivity contribution is 7.19. The van der Waals surface area contributed by atoms with Gasteiger partial charge < -0.3 is 28.9 Å². The molecular weight excluding hydrogens is 406 g/mol. The summed E-state index contributed by atoms with van der Waals surface area (Å²) in [7, 11) is 0. The molecule has 30 heavy (non-hydrogen) atoms. The van der Waals surface area contributed by atoms with E-state index in [0.29, 0.717) is 6.61 Å². The number of thiophene rings is 1. The van der Waals surface area contributed by atoms with E-state index in [1.165, 1.54) is 15.1 Å². The highest BCUT2D eigenvalue weighted by Crippen LogP contribution is 2.44. The minimum absolute atomic E-state index is 0.267. The minimum Gasteiger partial charge on any atom is -0.349 e. The van der Waals surface area contributed by atoms with Crippen LogP contribution in [0.3, 0.4) is 0 Å². The van der Waals surface area contributed by atoms with Crippen LogP contribution in [0.1, 0.15) is 45.5 Å². The Morgan fingerprint density at radius 2 is 1.77 bits per heavy atom. The van der Waals surface area contributed by atoms with Crippen LogP contribution >= 0.6 is 11.3 Å². The average molecular weight is 436 g/mol. The van der Waals surface area contributed by atoms with Gasteiger partial charge in [0.25, 0.3) is 0 Å². The maximum atomic E-state index is 11.2. The van der Waals surface area contributed by atoms with Crippen molar-refractivity contribution in [3.05, 3.63) is 35.2 Å². The Bertz CT molecular complexity index is 896. The average Bonchev–Trinajstić information content (AvgIpc) is 3.41. The summed E-state index contributed by atoms with van der Waals surface area (Å²) in [4.78, 5) is 1.06. The Morgan fingerprint density at radius 1 is 1.03 bits per heavy atom. The molecule has 7 nitrogen and oxygen atoms in total. The molecule has 1 aromatic heterocycles. The molecule has 0 radical (unpaired) electrons. The van der Waals surface area contributed by atoms with Gasteiger partial charge in [-0.3, -0.25) is 0 Å². The molecule has 0 saturated carbocycles. The van der Waals surface area contributed by atoms with Gasteiger partial charge in [0.05, 0.1) is 12.6 Å². The van der Waals surface area contributed by atoms with E-state index in [9.17, 15) is 5.21 Å². The molecule has 0 aliphatic carbocycles. The first-order valence-corrected chi connectivity index (χ1v) is 11.2. The van der Waals surface area contributed by atoms with Crippen LogP contribution in [-0.4, -0.2) is 59.1 Å². The van der Waals surface area contributed by atoms with E-state index >= 15 is 0 Å². The van der Waals surface area contributed by atoms with Crippen LogP contribution in [0.25, 0.3) is 10.1 Å². The summed E-state index contributed by atoms with van der Waals surface area (Å²) >= 11 is 1.67. The first kappa shape index (κ1) is 20.8. The quantitative estimate of drug-likeness (QED) is 0.727. The molecule has 8 heteroatoms. The predicted molar refractivity (Wildman–Crippen MR) is 111 cm³/mol. The normalized spacial score (nSPS) is 35.9. The predicted octanol–water partition coefficient (Wildman–Crippen LogP) is 4.05. The number of hydrogen-bond acceptors (Lipinski definition) is 8. The zero-order valence-electron chi connectivity index (χ0n) is 17.9. The maximum Gasteiger partial charge on any atom is 0.164 e. The van der Waals surface area contributed by atoms with Gasteiger partial charge in [0.15, 0.2) is 17.8 Å². The van der Waals surface area contributed by atoms with Crippen LogP contribution in [0.4, 0.5) is 0 Å². The third-order valence-electron chi connectivity index (χ3n) is 5.98. The molecule has 0 bridgehead atoms. The van der Waals surface area contributed by atoms with Crippen molar-refractivity contribution in [3.8, 4) is 0 Å². The molecule has 0 spiro atoms. The van der Waals surface area contributed by atoms with Crippen LogP contribution in [-0.2, 0) is 23.7 Å². The lowest BCUT2D eigenvalue weighted by atomic mass is 10.1. The number of hydroxylamine groups is 2. The Hall–Kier alpha value is -1.10. The molecule has 0 amide bonds. The number of benzene rings is 1. The van der Waals surface area contributed by atoms with Gasteiger partial charge in [-0.15, -0.1) is 11.3 Å². The van der Waals surface area contributed by atoms with Gasteiger partial charge in [-0.2, -0.15) is 5.06 Å². The lowest BCUT2D eigenvalue weighted by molar-refractivity contribution is -0.282. The number of fused-ring (bicyclic) bond motifs is 2. The van der Waals surface area contributed by atoms with Gasteiger partial charge in [-0.25, -0.2) is 0 Å². The summed E-state index contributed by atoms with van der Waals surface area (Å²) in [5.41, 5.74) is 0. The van der Waals surface area contributed by atoms with Crippen molar-refractivity contribution < 1.29 is 28.9 Å². The lowest BCUT2D eigenvalue weighted by Crippen LogP contribution is -2.43. The third-order valence-corrected chi connectivity index (χ3v) is 7.26. The van der Waals surface area contributed by atoms with Crippen molar-refractivity contribution in [1.82, 2.24) is 5.06 Å². The maximum absolute atomic E-state index is 11.2. The molecule has 164 valence electrons. The molecule has 1 N–H and O–H groups in total. The number of hydrogen-bond donors (Lipinski definition) is 1. The lowest BCUT2D eigenvalue weighted by Gasteiger charge is -2.32. The summed E-state index contributed by atoms with van der Waals surface area (Å²) in [6.45, 7) is 9.91. The fraction of sp³-hybridized carbons (Fsp3) is 0.636. The number of rotatable bonds is 4. The monoisotopic (exact) mass is 435 g/mol. The fourth-order valence-electron chi connectivity index (χ4n) is 4.56. The van der Waals surface area contributed by atoms with E-state index < -0.39 is 30.0 Å². The molecule has 2 aromatic rings. The Kier molecular flexibility index (Phi) is 5.00. The topological polar surface area (TPSA) is 69.6 Å². The molecule has 1 aromatic carbocycles. The van der Waals surface area contributed by atoms with Crippen LogP contribution < -0.4 is 0 Å². The highest BCUT2D eigenvalue weighted by atomic mass is 32.1. The largest absolute Gasteiger partial charge is 0.349 e. The van der Waals surface area contributed by atoms with Crippen molar-refractivity contribution >= 4 is 21.4 Å². The summed E-state index contributed by atoms with van der Waals surface area (Å²) in [5.74, 6) is -1.42. The smallest absolute Gasteiger partial charge is 0.164 e. The second kappa shape index (κ2) is 7.21. The van der Waals surface area contributed by atoms with E-state index in [1.54, 1.807) is 11.3 Å². The zero-order valence-corrected chi connectivity index (χ0v) is 18.7. The van der Waals surface area contributed by atoms with E-state index in [2.05, 4.69) is 18.2 Å². The van der Waals surface area contributed by atoms with Crippen molar-refractivity contribution in [1.29, 1.82) is 0 Å². The first-order valence-electron chi connectivity index (χ1n) is 10.4. The van der Waals surface area contributed by atoms with Gasteiger partial charge in [0.1, 0.15) is 24.4 Å². The first-order chi connectivity index (χ1) is 14.1. The van der Waals surface area contributed by atoms with Crippen LogP contribution in [0.15, 0.2) is 30.3 Å². The van der Waals surface area contributed by atoms with E-state index in [-0.39, 0.29) is 18.2 Å². The second-order valence-corrected chi connectivity index (χ2v) is 10.3. The third kappa shape index (κ3) is 3.59. The second-order valence-electron chi connectivity index (χ2n) is 9.17. The van der Waals surface area contributed by atoms with E-state index in [1.807, 2.05) is 46.8 Å². The van der Waals surface area contributed by atoms with Gasteiger partial charge in [0.2, 0.25) is 0 Å². The standard InChI is InChI=1S/C22H29NO6S/c1-12(16-10-13-8-6-7-9-15(13)30-16)23(24)20-19-18(28-22(4,5)29-19)17(26-20)14-11-25-21(2,3)27-14/h6-10,12,14,17-20,24H,11H2,1-5H3/t12-,14+,17+,18-,19-,20-/m0/s1. The Labute approximate surface area is 180 Å². The molecule has 3 aliphatic heterocycles. The molecule has 5 rings (SSSR count). The van der Waals surface area contributed by atoms with Gasteiger partial charge in [0, 0.05) is 9.58 Å². The zero-order chi connectivity index (χ0) is 21.3. The molecule has 6 atom stereocenters. The Morgan fingerprint density at radius 3 is 2.47 bits per heavy atom. The highest BCUT2D eigenvalue weighted by Gasteiger charge is 2.60. The van der Waals surface area contributed by atoms with Crippen molar-refractivity contribution in [3.63, 3.8) is 0 Å². The van der Waals surface area contributed by atoms with Crippen molar-refractivity contribution in [2.24, 2.45) is 0 Å². The van der Waals surface area contributed by atoms with Gasteiger partial charge in [-0.05, 0) is 52.1 Å². The molecule has 3 saturated heterocycles. The molecule has 0 unspecified atom stereocenters. The summed E-state index contributed by atoms with van der Waals surface area (Å²) < 4.78 is 31.6. The van der Waals surface area contributed by atoms with Crippen molar-refractivity contribution in [2.45, 2.75) is 82.9 Å². The Balaban J connectivity index is 1.39. The minimum atomic E-state index is -0.758. The molecule has 4 heterocycles. The van der Waals surface area contributed by atoms with Crippen LogP contribution in [0.2, 0.25) is 0 Å². The fourth-order valence-corrected chi connectivity index (χ4v) is 5.67. The van der Waals surface area contributed by atoms with Crippen LogP contribution in [0, 0.1) is 0 Å². The molecule has 3 aliphatic rings. The van der Waals surface area contributed by atoms with Crippen molar-refractivity contribution in [2.75, 3.05) is 6.61 Å². The number of ether oxygens (including phenoxy) is 5. The van der Waals surface area contributed by atoms with E-state index in [0.717, 1.165) is 4.88 Å². The summed E-state index contributed by atoms with van der Waals surface area (Å²) in [6.07, 6.45) is -2.14. The number of nitrogens with zero attached hydrogens (tertiary/aromatic N) is 1. The molecule has 3 fully saturated rings. The summed E-state index contributed by atoms with van der Waals surface area (Å²) in [5, 5.41) is 13.6. The van der Waals surface area contributed by atoms with Gasteiger partial charge >= 0.3 is 0 Å². The van der Waals surface area contributed by atoms with Gasteiger partial charge in [-0.1, -0.05) is 18.2 Å². The summed E-state index contributed by atoms with van der Waals surface area (Å²) in [6, 6.07) is 10.1. The molecular formula is C22H29NO6S. The van der Waals surface area contributed by atoms with E-state index in [4.69, 9.17) is 23.7 Å². The SMILES string of the molecule is C[C@@H](c1cc2ccccc2s1)N(O)[C@H]1O[C@H]([C@H]2COC(C)(C)O2)[C@@H]2OC(C)(C)O[C@@H]21.